The molecule has 0 atom stereocenters. The van der Waals surface area contributed by atoms with Gasteiger partial charge in [0.05, 0.1) is 12.1 Å². The zero-order valence-electron chi connectivity index (χ0n) is 12.6. The van der Waals surface area contributed by atoms with Crippen molar-refractivity contribution in [1.82, 2.24) is 0 Å². The Kier molecular flexibility index (Phi) is 7.20. The number of hydrogen-bond donors (Lipinski definition) is 0. The van der Waals surface area contributed by atoms with Crippen molar-refractivity contribution in [3.63, 3.8) is 0 Å². The van der Waals surface area contributed by atoms with Crippen LogP contribution in [0.2, 0.25) is 0 Å². The molecule has 0 aromatic rings. The zero-order valence-corrected chi connectivity index (χ0v) is 12.6. The first-order valence-electron chi connectivity index (χ1n) is 7.29. The van der Waals surface area contributed by atoms with Gasteiger partial charge >= 0.3 is 6.18 Å². The highest BCUT2D eigenvalue weighted by Crippen LogP contribution is 2.22. The Bertz CT molecular complexity index is 477. The summed E-state index contributed by atoms with van der Waals surface area (Å²) in [5, 5.41) is 0. The number of alkyl halides is 3. The Labute approximate surface area is 124 Å². The van der Waals surface area contributed by atoms with Crippen molar-refractivity contribution < 1.29 is 13.2 Å². The summed E-state index contributed by atoms with van der Waals surface area (Å²) in [6.45, 7) is 3.93. The molecule has 0 bridgehead atoms. The van der Waals surface area contributed by atoms with Crippen molar-refractivity contribution >= 4 is 6.21 Å². The molecule has 0 saturated carbocycles. The summed E-state index contributed by atoms with van der Waals surface area (Å²) < 4.78 is 36.4. The predicted octanol–water partition coefficient (Wildman–Crippen LogP) is 5.92. The molecule has 0 N–H and O–H groups in total. The first-order valence-corrected chi connectivity index (χ1v) is 7.29. The molecule has 1 aliphatic carbocycles. The molecular formula is C17H22F3N. The lowest BCUT2D eigenvalue weighted by atomic mass is 10.1. The molecule has 0 unspecified atom stereocenters. The van der Waals surface area contributed by atoms with Crippen molar-refractivity contribution in [1.29, 1.82) is 0 Å². The van der Waals surface area contributed by atoms with Crippen LogP contribution in [-0.4, -0.2) is 12.4 Å². The van der Waals surface area contributed by atoms with Gasteiger partial charge in [0.15, 0.2) is 0 Å². The third-order valence-corrected chi connectivity index (χ3v) is 3.14. The van der Waals surface area contributed by atoms with Crippen LogP contribution in [0.3, 0.4) is 0 Å². The molecule has 0 aromatic carbocycles. The Morgan fingerprint density at radius 2 is 2.05 bits per heavy atom. The number of allylic oxidation sites excluding steroid dienone is 6. The van der Waals surface area contributed by atoms with Gasteiger partial charge in [-0.1, -0.05) is 49.3 Å². The highest BCUT2D eigenvalue weighted by atomic mass is 19.4. The predicted molar refractivity (Wildman–Crippen MR) is 82.4 cm³/mol. The van der Waals surface area contributed by atoms with Crippen molar-refractivity contribution in [3.8, 4) is 0 Å². The topological polar surface area (TPSA) is 12.4 Å². The van der Waals surface area contributed by atoms with Crippen molar-refractivity contribution in [2.75, 3.05) is 0 Å². The van der Waals surface area contributed by atoms with E-state index in [-0.39, 0.29) is 0 Å². The Morgan fingerprint density at radius 1 is 1.29 bits per heavy atom. The minimum atomic E-state index is -4.20. The molecule has 0 heterocycles. The van der Waals surface area contributed by atoms with Gasteiger partial charge in [0.2, 0.25) is 0 Å². The third-order valence-electron chi connectivity index (χ3n) is 3.14. The van der Waals surface area contributed by atoms with E-state index in [0.29, 0.717) is 5.70 Å². The first kappa shape index (κ1) is 17.5. The van der Waals surface area contributed by atoms with Crippen LogP contribution < -0.4 is 0 Å². The Morgan fingerprint density at radius 3 is 2.67 bits per heavy atom. The van der Waals surface area contributed by atoms with Crippen molar-refractivity contribution in [2.45, 2.75) is 52.1 Å². The Hall–Kier alpha value is -1.58. The summed E-state index contributed by atoms with van der Waals surface area (Å²) >= 11 is 0. The molecule has 116 valence electrons. The van der Waals surface area contributed by atoms with Gasteiger partial charge in [-0.25, -0.2) is 0 Å². The molecule has 0 aliphatic heterocycles. The summed E-state index contributed by atoms with van der Waals surface area (Å²) in [6.07, 6.45) is 9.71. The van der Waals surface area contributed by atoms with Crippen LogP contribution in [0, 0.1) is 0 Å². The van der Waals surface area contributed by atoms with Gasteiger partial charge in [0.1, 0.15) is 0 Å². The standard InChI is InChI=1S/C17H22F3N/c1-3-5-7-14-8-6-9-15(11-10-14)16(4-2)21-13-12-17(18,19)20/h4,8-11,13H,3,5-7,12H2,1-2H3/b16-4-,21-13?. The summed E-state index contributed by atoms with van der Waals surface area (Å²) in [5.74, 6) is 0. The average molecular weight is 297 g/mol. The highest BCUT2D eigenvalue weighted by molar-refractivity contribution is 5.62. The van der Waals surface area contributed by atoms with Crippen LogP contribution in [0.15, 0.2) is 52.2 Å². The smallest absolute Gasteiger partial charge is 0.261 e. The average Bonchev–Trinajstić information content (AvgIpc) is 2.66. The number of hydrogen-bond acceptors (Lipinski definition) is 1. The van der Waals surface area contributed by atoms with Crippen LogP contribution in [0.25, 0.3) is 0 Å². The molecule has 0 aromatic heterocycles. The van der Waals surface area contributed by atoms with Gasteiger partial charge in [0, 0.05) is 6.21 Å². The van der Waals surface area contributed by atoms with Crippen LogP contribution in [-0.2, 0) is 0 Å². The van der Waals surface area contributed by atoms with E-state index >= 15 is 0 Å². The second kappa shape index (κ2) is 8.65. The normalized spacial score (nSPS) is 16.9. The van der Waals surface area contributed by atoms with Crippen LogP contribution in [0.1, 0.15) is 46.0 Å². The monoisotopic (exact) mass is 297 g/mol. The molecular weight excluding hydrogens is 275 g/mol. The molecule has 21 heavy (non-hydrogen) atoms. The fraction of sp³-hybridized carbons (Fsp3) is 0.471. The second-order valence-corrected chi connectivity index (χ2v) is 4.92. The van der Waals surface area contributed by atoms with Gasteiger partial charge in [-0.15, -0.1) is 0 Å². The van der Waals surface area contributed by atoms with E-state index in [1.165, 1.54) is 5.57 Å². The van der Waals surface area contributed by atoms with E-state index in [0.717, 1.165) is 37.5 Å². The fourth-order valence-electron chi connectivity index (χ4n) is 1.99. The molecule has 0 saturated heterocycles. The van der Waals surface area contributed by atoms with E-state index < -0.39 is 12.6 Å². The SMILES string of the molecule is C/C=C(\N=CCC(F)(F)F)C1=CCC=C(CCCC)C=C1. The zero-order chi connectivity index (χ0) is 15.7. The van der Waals surface area contributed by atoms with Gasteiger partial charge < -0.3 is 0 Å². The largest absolute Gasteiger partial charge is 0.393 e. The third kappa shape index (κ3) is 7.11. The number of nitrogens with zero attached hydrogens (tertiary/aromatic N) is 1. The maximum atomic E-state index is 12.1. The van der Waals surface area contributed by atoms with E-state index in [1.807, 2.05) is 18.2 Å². The van der Waals surface area contributed by atoms with E-state index in [1.54, 1.807) is 13.0 Å². The molecule has 1 aliphatic rings. The second-order valence-electron chi connectivity index (χ2n) is 4.92. The van der Waals surface area contributed by atoms with Crippen LogP contribution >= 0.6 is 0 Å². The summed E-state index contributed by atoms with van der Waals surface area (Å²) in [6, 6.07) is 0. The maximum absolute atomic E-state index is 12.1. The lowest BCUT2D eigenvalue weighted by Crippen LogP contribution is -2.07. The molecule has 4 heteroatoms. The summed E-state index contributed by atoms with van der Waals surface area (Å²) in [7, 11) is 0. The van der Waals surface area contributed by atoms with Gasteiger partial charge in [-0.05, 0) is 31.8 Å². The van der Waals surface area contributed by atoms with Gasteiger partial charge in [-0.3, -0.25) is 4.99 Å². The summed E-state index contributed by atoms with van der Waals surface area (Å²) in [4.78, 5) is 3.95. The maximum Gasteiger partial charge on any atom is 0.393 e. The number of halogens is 3. The van der Waals surface area contributed by atoms with E-state index in [2.05, 4.69) is 18.0 Å². The molecule has 0 spiro atoms. The number of aliphatic imine (C=N–C) groups is 1. The molecule has 1 rings (SSSR count). The molecule has 0 amide bonds. The molecule has 0 radical (unpaired) electrons. The lowest BCUT2D eigenvalue weighted by Gasteiger charge is -2.04. The number of unbranched alkanes of at least 4 members (excludes halogenated alkanes) is 1. The minimum Gasteiger partial charge on any atom is -0.261 e. The fourth-order valence-corrected chi connectivity index (χ4v) is 1.99. The number of rotatable bonds is 6. The van der Waals surface area contributed by atoms with E-state index in [9.17, 15) is 13.2 Å². The van der Waals surface area contributed by atoms with Crippen LogP contribution in [0.5, 0.6) is 0 Å². The van der Waals surface area contributed by atoms with Crippen LogP contribution in [0.4, 0.5) is 13.2 Å². The quantitative estimate of drug-likeness (QED) is 0.540. The van der Waals surface area contributed by atoms with Gasteiger partial charge in [-0.2, -0.15) is 13.2 Å². The highest BCUT2D eigenvalue weighted by Gasteiger charge is 2.25. The summed E-state index contributed by atoms with van der Waals surface area (Å²) in [5.41, 5.74) is 2.73. The Balaban J connectivity index is 2.69. The lowest BCUT2D eigenvalue weighted by molar-refractivity contribution is -0.120. The van der Waals surface area contributed by atoms with Crippen molar-refractivity contribution in [3.05, 3.63) is 47.2 Å². The first-order chi connectivity index (χ1) is 9.96. The van der Waals surface area contributed by atoms with Gasteiger partial charge in [0.25, 0.3) is 0 Å². The van der Waals surface area contributed by atoms with Crippen molar-refractivity contribution in [2.24, 2.45) is 4.99 Å². The molecule has 0 fully saturated rings. The minimum absolute atomic E-state index is 0.584. The van der Waals surface area contributed by atoms with E-state index in [4.69, 9.17) is 0 Å². The molecule has 1 nitrogen and oxygen atoms in total.